The van der Waals surface area contributed by atoms with Crippen LogP contribution in [0.25, 0.3) is 0 Å². The molecule has 1 unspecified atom stereocenters. The van der Waals surface area contributed by atoms with Crippen LogP contribution in [0.1, 0.15) is 31.2 Å². The lowest BCUT2D eigenvalue weighted by Gasteiger charge is -2.22. The van der Waals surface area contributed by atoms with Gasteiger partial charge in [-0.3, -0.25) is 0 Å². The standard InChI is InChI=1S/C15H22ClN3O/c1-19(10-13-3-2-6-20-13)15-14(16)7-11(9-18-15)8-17-12-4-5-12/h7,9,12-13,17H,2-6,8,10H2,1H3. The maximum atomic E-state index is 6.37. The number of hydrogen-bond acceptors (Lipinski definition) is 4. The zero-order valence-corrected chi connectivity index (χ0v) is 12.7. The van der Waals surface area contributed by atoms with Crippen molar-refractivity contribution < 1.29 is 4.74 Å². The normalized spacial score (nSPS) is 22.2. The summed E-state index contributed by atoms with van der Waals surface area (Å²) >= 11 is 6.37. The highest BCUT2D eigenvalue weighted by atomic mass is 35.5. The van der Waals surface area contributed by atoms with Crippen molar-refractivity contribution in [2.75, 3.05) is 25.1 Å². The first kappa shape index (κ1) is 14.1. The number of aromatic nitrogens is 1. The molecule has 1 saturated carbocycles. The van der Waals surface area contributed by atoms with E-state index < -0.39 is 0 Å². The van der Waals surface area contributed by atoms with Gasteiger partial charge in [-0.2, -0.15) is 0 Å². The van der Waals surface area contributed by atoms with Gasteiger partial charge in [-0.15, -0.1) is 0 Å². The van der Waals surface area contributed by atoms with Crippen molar-refractivity contribution in [3.05, 3.63) is 22.8 Å². The Morgan fingerprint density at radius 3 is 2.95 bits per heavy atom. The SMILES string of the molecule is CN(CC1CCCO1)c1ncc(CNC2CC2)cc1Cl. The summed E-state index contributed by atoms with van der Waals surface area (Å²) in [4.78, 5) is 6.61. The van der Waals surface area contributed by atoms with Crippen molar-refractivity contribution in [2.24, 2.45) is 0 Å². The zero-order chi connectivity index (χ0) is 13.9. The summed E-state index contributed by atoms with van der Waals surface area (Å²) in [6.07, 6.45) is 7.11. The second-order valence-electron chi connectivity index (χ2n) is 5.82. The Balaban J connectivity index is 1.59. The smallest absolute Gasteiger partial charge is 0.147 e. The van der Waals surface area contributed by atoms with Crippen LogP contribution < -0.4 is 10.2 Å². The second kappa shape index (κ2) is 6.29. The first-order valence-corrected chi connectivity index (χ1v) is 7.80. The van der Waals surface area contributed by atoms with Crippen LogP contribution in [-0.2, 0) is 11.3 Å². The molecule has 2 aliphatic rings. The van der Waals surface area contributed by atoms with E-state index in [1.165, 1.54) is 12.8 Å². The molecule has 0 bridgehead atoms. The van der Waals surface area contributed by atoms with Crippen LogP contribution >= 0.6 is 11.6 Å². The molecule has 1 atom stereocenters. The second-order valence-corrected chi connectivity index (χ2v) is 6.23. The molecule has 0 aromatic carbocycles. The molecule has 0 spiro atoms. The predicted molar refractivity (Wildman–Crippen MR) is 81.4 cm³/mol. The fourth-order valence-electron chi connectivity index (χ4n) is 2.58. The third-order valence-electron chi connectivity index (χ3n) is 3.91. The minimum Gasteiger partial charge on any atom is -0.376 e. The number of pyridine rings is 1. The van der Waals surface area contributed by atoms with Crippen molar-refractivity contribution >= 4 is 17.4 Å². The molecule has 20 heavy (non-hydrogen) atoms. The van der Waals surface area contributed by atoms with Gasteiger partial charge in [0, 0.05) is 39.0 Å². The van der Waals surface area contributed by atoms with E-state index in [9.17, 15) is 0 Å². The maximum Gasteiger partial charge on any atom is 0.147 e. The molecule has 3 rings (SSSR count). The van der Waals surface area contributed by atoms with E-state index in [0.29, 0.717) is 12.1 Å². The Kier molecular flexibility index (Phi) is 4.44. The highest BCUT2D eigenvalue weighted by Gasteiger charge is 2.21. The molecular weight excluding hydrogens is 274 g/mol. The monoisotopic (exact) mass is 295 g/mol. The number of rotatable bonds is 6. The van der Waals surface area contributed by atoms with Gasteiger partial charge in [-0.1, -0.05) is 11.6 Å². The van der Waals surface area contributed by atoms with Gasteiger partial charge in [-0.25, -0.2) is 4.98 Å². The Morgan fingerprint density at radius 2 is 2.30 bits per heavy atom. The minimum atomic E-state index is 0.314. The van der Waals surface area contributed by atoms with Gasteiger partial charge < -0.3 is 15.0 Å². The molecule has 5 heteroatoms. The average molecular weight is 296 g/mol. The number of ether oxygens (including phenoxy) is 1. The van der Waals surface area contributed by atoms with Crippen LogP contribution in [0.5, 0.6) is 0 Å². The van der Waals surface area contributed by atoms with Crippen LogP contribution in [0, 0.1) is 0 Å². The first-order valence-electron chi connectivity index (χ1n) is 7.43. The third kappa shape index (κ3) is 3.62. The van der Waals surface area contributed by atoms with Gasteiger partial charge in [-0.05, 0) is 37.3 Å². The molecule has 4 nitrogen and oxygen atoms in total. The third-order valence-corrected chi connectivity index (χ3v) is 4.19. The minimum absolute atomic E-state index is 0.314. The number of halogens is 1. The van der Waals surface area contributed by atoms with E-state index >= 15 is 0 Å². The summed E-state index contributed by atoms with van der Waals surface area (Å²) < 4.78 is 5.66. The Bertz CT molecular complexity index is 458. The van der Waals surface area contributed by atoms with Crippen LogP contribution in [-0.4, -0.2) is 37.3 Å². The molecule has 1 N–H and O–H groups in total. The van der Waals surface area contributed by atoms with Gasteiger partial charge >= 0.3 is 0 Å². The lowest BCUT2D eigenvalue weighted by atomic mass is 10.2. The lowest BCUT2D eigenvalue weighted by Crippen LogP contribution is -2.29. The van der Waals surface area contributed by atoms with E-state index in [4.69, 9.17) is 16.3 Å². The molecule has 110 valence electrons. The molecule has 1 aliphatic carbocycles. The average Bonchev–Trinajstić information content (AvgIpc) is 3.13. The molecule has 1 aromatic heterocycles. The molecule has 1 saturated heterocycles. The van der Waals surface area contributed by atoms with Gasteiger partial charge in [0.05, 0.1) is 11.1 Å². The Morgan fingerprint density at radius 1 is 1.45 bits per heavy atom. The Labute approximate surface area is 125 Å². The molecule has 0 radical (unpaired) electrons. The molecule has 0 amide bonds. The van der Waals surface area contributed by atoms with E-state index in [1.807, 2.05) is 19.3 Å². The molecule has 2 heterocycles. The lowest BCUT2D eigenvalue weighted by molar-refractivity contribution is 0.116. The summed E-state index contributed by atoms with van der Waals surface area (Å²) in [5.41, 5.74) is 1.15. The van der Waals surface area contributed by atoms with Gasteiger partial charge in [0.1, 0.15) is 5.82 Å². The summed E-state index contributed by atoms with van der Waals surface area (Å²) in [6, 6.07) is 2.72. The molecular formula is C15H22ClN3O. The van der Waals surface area contributed by atoms with Crippen molar-refractivity contribution in [1.82, 2.24) is 10.3 Å². The van der Waals surface area contributed by atoms with E-state index in [1.54, 1.807) is 0 Å². The summed E-state index contributed by atoms with van der Waals surface area (Å²) in [5, 5.41) is 4.20. The van der Waals surface area contributed by atoms with Crippen molar-refractivity contribution in [3.8, 4) is 0 Å². The van der Waals surface area contributed by atoms with Crippen molar-refractivity contribution in [3.63, 3.8) is 0 Å². The highest BCUT2D eigenvalue weighted by molar-refractivity contribution is 6.33. The summed E-state index contributed by atoms with van der Waals surface area (Å²) in [6.45, 7) is 2.59. The maximum absolute atomic E-state index is 6.37. The van der Waals surface area contributed by atoms with Crippen LogP contribution in [0.3, 0.4) is 0 Å². The fourth-order valence-corrected chi connectivity index (χ4v) is 2.91. The topological polar surface area (TPSA) is 37.4 Å². The summed E-state index contributed by atoms with van der Waals surface area (Å²) in [5.74, 6) is 0.845. The van der Waals surface area contributed by atoms with E-state index in [-0.39, 0.29) is 0 Å². The van der Waals surface area contributed by atoms with Gasteiger partial charge in [0.25, 0.3) is 0 Å². The van der Waals surface area contributed by atoms with Crippen LogP contribution in [0.15, 0.2) is 12.3 Å². The van der Waals surface area contributed by atoms with Gasteiger partial charge in [0.2, 0.25) is 0 Å². The van der Waals surface area contributed by atoms with Gasteiger partial charge in [0.15, 0.2) is 0 Å². The molecule has 2 fully saturated rings. The zero-order valence-electron chi connectivity index (χ0n) is 11.9. The number of likely N-dealkylation sites (N-methyl/N-ethyl adjacent to an activating group) is 1. The first-order chi connectivity index (χ1) is 9.72. The number of nitrogens with one attached hydrogen (secondary N) is 1. The number of hydrogen-bond donors (Lipinski definition) is 1. The van der Waals surface area contributed by atoms with E-state index in [0.717, 1.165) is 48.9 Å². The quantitative estimate of drug-likeness (QED) is 0.875. The summed E-state index contributed by atoms with van der Waals surface area (Å²) in [7, 11) is 2.03. The molecule has 1 aliphatic heterocycles. The van der Waals surface area contributed by atoms with Crippen LogP contribution in [0.4, 0.5) is 5.82 Å². The van der Waals surface area contributed by atoms with Crippen LogP contribution in [0.2, 0.25) is 5.02 Å². The number of nitrogens with zero attached hydrogens (tertiary/aromatic N) is 2. The molecule has 1 aromatic rings. The fraction of sp³-hybridized carbons (Fsp3) is 0.667. The van der Waals surface area contributed by atoms with Crippen molar-refractivity contribution in [2.45, 2.75) is 44.4 Å². The largest absolute Gasteiger partial charge is 0.376 e. The highest BCUT2D eigenvalue weighted by Crippen LogP contribution is 2.25. The Hall–Kier alpha value is -0.840. The van der Waals surface area contributed by atoms with E-state index in [2.05, 4.69) is 15.2 Å². The van der Waals surface area contributed by atoms with Crippen molar-refractivity contribution in [1.29, 1.82) is 0 Å². The predicted octanol–water partition coefficient (Wildman–Crippen LogP) is 2.60. The number of anilines is 1.